The molecule has 0 bridgehead atoms. The van der Waals surface area contributed by atoms with Gasteiger partial charge in [-0.3, -0.25) is 4.57 Å². The van der Waals surface area contributed by atoms with Crippen LogP contribution >= 0.6 is 8.46 Å². The minimum atomic E-state index is -5.13. The summed E-state index contributed by atoms with van der Waals surface area (Å²) in [6.07, 6.45) is -15.4. The van der Waals surface area contributed by atoms with Gasteiger partial charge in [-0.2, -0.15) is 39.5 Å². The SMILES string of the molecule is O=PC(OCC(F)(F)F)(OCC(F)(F)F)OCC(F)(F)F. The third-order valence-corrected chi connectivity index (χ3v) is 1.98. The van der Waals surface area contributed by atoms with E-state index in [1.54, 1.807) is 0 Å². The van der Waals surface area contributed by atoms with E-state index in [4.69, 9.17) is 0 Å². The van der Waals surface area contributed by atoms with Gasteiger partial charge in [0, 0.05) is 0 Å². The Bertz CT molecular complexity index is 291. The first-order valence-corrected chi connectivity index (χ1v) is 5.46. The summed E-state index contributed by atoms with van der Waals surface area (Å²) in [5.74, 6) is 0. The molecule has 4 nitrogen and oxygen atoms in total. The van der Waals surface area contributed by atoms with E-state index in [2.05, 4.69) is 14.2 Å². The van der Waals surface area contributed by atoms with E-state index in [9.17, 15) is 44.1 Å². The first-order chi connectivity index (χ1) is 9.18. The summed E-state index contributed by atoms with van der Waals surface area (Å²) < 4.78 is 128. The molecule has 0 spiro atoms. The van der Waals surface area contributed by atoms with Crippen LogP contribution in [0, 0.1) is 0 Å². The van der Waals surface area contributed by atoms with Crippen molar-refractivity contribution in [2.24, 2.45) is 0 Å². The molecule has 0 saturated carbocycles. The second kappa shape index (κ2) is 7.07. The van der Waals surface area contributed by atoms with Crippen molar-refractivity contribution in [1.29, 1.82) is 0 Å². The molecule has 0 atom stereocenters. The largest absolute Gasteiger partial charge is 0.412 e. The third kappa shape index (κ3) is 10.7. The molecule has 0 fully saturated rings. The highest BCUT2D eigenvalue weighted by atomic mass is 31.1. The fourth-order valence-electron chi connectivity index (χ4n) is 0.723. The molecular weight excluding hydrogens is 350 g/mol. The molecule has 126 valence electrons. The Morgan fingerprint density at radius 1 is 0.619 bits per heavy atom. The van der Waals surface area contributed by atoms with Gasteiger partial charge in [-0.25, -0.2) is 0 Å². The number of hydrogen-bond donors (Lipinski definition) is 0. The molecule has 0 aliphatic heterocycles. The zero-order valence-electron chi connectivity index (χ0n) is 9.60. The standard InChI is InChI=1S/C7H6F9O4P/c8-4(9,10)1-18-7(21-17,19-2-5(11,12)13)20-3-6(14,15)16/h1-3H2. The maximum absolute atomic E-state index is 11.9. The average molecular weight is 356 g/mol. The fraction of sp³-hybridized carbons (Fsp3) is 1.00. The lowest BCUT2D eigenvalue weighted by atomic mass is 10.7. The second-order valence-electron chi connectivity index (χ2n) is 3.33. The molecular formula is C7H6F9O4P. The van der Waals surface area contributed by atoms with Gasteiger partial charge in [0.05, 0.1) is 0 Å². The predicted molar refractivity (Wildman–Crippen MR) is 46.4 cm³/mol. The van der Waals surface area contributed by atoms with E-state index >= 15 is 0 Å². The van der Waals surface area contributed by atoms with E-state index in [1.807, 2.05) is 0 Å². The highest BCUT2D eigenvalue weighted by Crippen LogP contribution is 2.34. The van der Waals surface area contributed by atoms with Gasteiger partial charge in [0.25, 0.3) is 8.46 Å². The second-order valence-corrected chi connectivity index (χ2v) is 4.06. The van der Waals surface area contributed by atoms with Crippen LogP contribution in [0.4, 0.5) is 39.5 Å². The molecule has 0 aromatic rings. The smallest absolute Gasteiger partial charge is 0.308 e. The van der Waals surface area contributed by atoms with Crippen LogP contribution in [0.5, 0.6) is 0 Å². The van der Waals surface area contributed by atoms with Crippen LogP contribution in [0.2, 0.25) is 0 Å². The van der Waals surface area contributed by atoms with Crippen LogP contribution < -0.4 is 0 Å². The van der Waals surface area contributed by atoms with Gasteiger partial charge in [-0.1, -0.05) is 0 Å². The summed E-state index contributed by atoms with van der Waals surface area (Å²) in [7, 11) is -1.81. The maximum Gasteiger partial charge on any atom is 0.412 e. The molecule has 0 N–H and O–H groups in total. The van der Waals surface area contributed by atoms with Crippen LogP contribution in [0.25, 0.3) is 0 Å². The number of halogens is 9. The van der Waals surface area contributed by atoms with Gasteiger partial charge in [-0.15, -0.1) is 0 Å². The molecule has 14 heteroatoms. The molecule has 0 aromatic carbocycles. The van der Waals surface area contributed by atoms with Crippen molar-refractivity contribution in [2.75, 3.05) is 19.8 Å². The van der Waals surface area contributed by atoms with E-state index < -0.39 is 52.5 Å². The lowest BCUT2D eigenvalue weighted by molar-refractivity contribution is -0.378. The summed E-state index contributed by atoms with van der Waals surface area (Å²) in [6.45, 7) is -7.01. The van der Waals surface area contributed by atoms with Crippen LogP contribution in [0.15, 0.2) is 0 Å². The quantitative estimate of drug-likeness (QED) is 0.397. The molecule has 0 aliphatic rings. The first-order valence-electron chi connectivity index (χ1n) is 4.65. The average Bonchev–Trinajstić information content (AvgIpc) is 2.25. The minimum absolute atomic E-state index is 1.81. The molecule has 0 rings (SSSR count). The number of hydrogen-bond acceptors (Lipinski definition) is 4. The van der Waals surface area contributed by atoms with Gasteiger partial charge in [0.1, 0.15) is 19.8 Å². The number of rotatable bonds is 7. The highest BCUT2D eigenvalue weighted by Gasteiger charge is 2.46. The van der Waals surface area contributed by atoms with E-state index in [-0.39, 0.29) is 0 Å². The summed E-state index contributed by atoms with van der Waals surface area (Å²) in [4.78, 5) is 0. The van der Waals surface area contributed by atoms with Gasteiger partial charge < -0.3 is 14.2 Å². The topological polar surface area (TPSA) is 44.8 Å². The van der Waals surface area contributed by atoms with Crippen molar-refractivity contribution in [3.8, 4) is 0 Å². The molecule has 0 saturated heterocycles. The molecule has 0 heterocycles. The molecule has 0 amide bonds. The third-order valence-electron chi connectivity index (χ3n) is 1.37. The van der Waals surface area contributed by atoms with Crippen molar-refractivity contribution in [3.63, 3.8) is 0 Å². The monoisotopic (exact) mass is 356 g/mol. The van der Waals surface area contributed by atoms with Gasteiger partial charge in [0.2, 0.25) is 0 Å². The Morgan fingerprint density at radius 2 is 0.857 bits per heavy atom. The van der Waals surface area contributed by atoms with E-state index in [0.717, 1.165) is 0 Å². The van der Waals surface area contributed by atoms with Gasteiger partial charge in [0.15, 0.2) is 0 Å². The first kappa shape index (κ1) is 20.3. The lowest BCUT2D eigenvalue weighted by Crippen LogP contribution is -2.41. The highest BCUT2D eigenvalue weighted by molar-refractivity contribution is 7.25. The molecule has 0 aromatic heterocycles. The predicted octanol–water partition coefficient (Wildman–Crippen LogP) is 3.63. The normalized spacial score (nSPS) is 14.7. The van der Waals surface area contributed by atoms with E-state index in [0.29, 0.717) is 0 Å². The Kier molecular flexibility index (Phi) is 6.85. The zero-order valence-corrected chi connectivity index (χ0v) is 10.5. The van der Waals surface area contributed by atoms with E-state index in [1.165, 1.54) is 0 Å². The maximum atomic E-state index is 11.9. The number of ether oxygens (including phenoxy) is 3. The molecule has 0 unspecified atom stereocenters. The van der Waals surface area contributed by atoms with Crippen LogP contribution in [-0.4, -0.2) is 44.1 Å². The summed E-state index contributed by atoms with van der Waals surface area (Å²) in [6, 6.07) is 0. The zero-order chi connectivity index (χ0) is 16.9. The fourth-order valence-corrected chi connectivity index (χ4v) is 1.07. The molecule has 0 aliphatic carbocycles. The van der Waals surface area contributed by atoms with Crippen LogP contribution in [0.1, 0.15) is 0 Å². The molecule has 21 heavy (non-hydrogen) atoms. The van der Waals surface area contributed by atoms with Crippen molar-refractivity contribution in [2.45, 2.75) is 24.2 Å². The minimum Gasteiger partial charge on any atom is -0.308 e. The summed E-state index contributed by atoms with van der Waals surface area (Å²) >= 11 is 0. The van der Waals surface area contributed by atoms with Crippen LogP contribution in [-0.2, 0) is 18.8 Å². The summed E-state index contributed by atoms with van der Waals surface area (Å²) in [5.41, 5.74) is -3.68. The van der Waals surface area contributed by atoms with Crippen molar-refractivity contribution < 1.29 is 58.3 Å². The lowest BCUT2D eigenvalue weighted by Gasteiger charge is -2.28. The van der Waals surface area contributed by atoms with Crippen molar-refractivity contribution >= 4 is 8.46 Å². The number of alkyl halides is 9. The molecule has 0 radical (unpaired) electrons. The van der Waals surface area contributed by atoms with Gasteiger partial charge >= 0.3 is 24.2 Å². The Balaban J connectivity index is 4.95. The van der Waals surface area contributed by atoms with Crippen molar-refractivity contribution in [3.05, 3.63) is 0 Å². The van der Waals surface area contributed by atoms with Crippen LogP contribution in [0.3, 0.4) is 0 Å². The Labute approximate surface area is 112 Å². The van der Waals surface area contributed by atoms with Crippen molar-refractivity contribution in [1.82, 2.24) is 0 Å². The Morgan fingerprint density at radius 3 is 1.00 bits per heavy atom. The Hall–Kier alpha value is -0.650. The summed E-state index contributed by atoms with van der Waals surface area (Å²) in [5, 5.41) is 0. The van der Waals surface area contributed by atoms with Gasteiger partial charge in [-0.05, 0) is 0 Å².